The van der Waals surface area contributed by atoms with Gasteiger partial charge in [0, 0.05) is 43.7 Å². The summed E-state index contributed by atoms with van der Waals surface area (Å²) < 4.78 is 0. The van der Waals surface area contributed by atoms with Crippen molar-refractivity contribution in [1.29, 1.82) is 0 Å². The molecule has 0 aromatic carbocycles. The molecule has 0 aliphatic carbocycles. The quantitative estimate of drug-likeness (QED) is 0.909. The Hall–Kier alpha value is -1.30. The molecule has 0 unspecified atom stereocenters. The average Bonchev–Trinajstić information content (AvgIpc) is 2.83. The molecule has 18 heavy (non-hydrogen) atoms. The van der Waals surface area contributed by atoms with E-state index in [4.69, 9.17) is 5.11 Å². The molecule has 1 fully saturated rings. The van der Waals surface area contributed by atoms with Gasteiger partial charge in [-0.2, -0.15) is 0 Å². The SMILES string of the molecule is OCC1CN(Cc2csc(-c3ccccn3)n2)C1. The van der Waals surface area contributed by atoms with Gasteiger partial charge in [0.25, 0.3) is 0 Å². The first-order chi connectivity index (χ1) is 8.85. The molecular formula is C13H15N3OS. The van der Waals surface area contributed by atoms with Crippen LogP contribution in [0.25, 0.3) is 10.7 Å². The first-order valence-corrected chi connectivity index (χ1v) is 6.92. The second-order valence-electron chi connectivity index (χ2n) is 4.60. The van der Waals surface area contributed by atoms with Crippen LogP contribution in [-0.4, -0.2) is 39.7 Å². The van der Waals surface area contributed by atoms with Crippen LogP contribution in [0.5, 0.6) is 0 Å². The number of thiazole rings is 1. The van der Waals surface area contributed by atoms with Gasteiger partial charge in [0.05, 0.1) is 11.4 Å². The summed E-state index contributed by atoms with van der Waals surface area (Å²) in [7, 11) is 0. The fourth-order valence-electron chi connectivity index (χ4n) is 2.14. The van der Waals surface area contributed by atoms with Crippen LogP contribution in [-0.2, 0) is 6.54 Å². The van der Waals surface area contributed by atoms with E-state index in [0.29, 0.717) is 12.5 Å². The molecular weight excluding hydrogens is 246 g/mol. The van der Waals surface area contributed by atoms with Gasteiger partial charge in [0.15, 0.2) is 0 Å². The summed E-state index contributed by atoms with van der Waals surface area (Å²) in [6.07, 6.45) is 1.79. The van der Waals surface area contributed by atoms with Crippen LogP contribution in [0.4, 0.5) is 0 Å². The van der Waals surface area contributed by atoms with Gasteiger partial charge in [0.2, 0.25) is 0 Å². The van der Waals surface area contributed by atoms with E-state index in [0.717, 1.165) is 36.0 Å². The number of nitrogens with zero attached hydrogens (tertiary/aromatic N) is 3. The summed E-state index contributed by atoms with van der Waals surface area (Å²) in [6, 6.07) is 5.87. The van der Waals surface area contributed by atoms with Crippen LogP contribution < -0.4 is 0 Å². The maximum Gasteiger partial charge on any atom is 0.142 e. The Labute approximate surface area is 110 Å². The molecule has 4 nitrogen and oxygen atoms in total. The minimum absolute atomic E-state index is 0.298. The number of hydrogen-bond donors (Lipinski definition) is 1. The zero-order chi connectivity index (χ0) is 12.4. The Morgan fingerprint density at radius 3 is 3.00 bits per heavy atom. The standard InChI is InChI=1S/C13H15N3OS/c17-8-10-5-16(6-10)7-11-9-18-13(15-11)12-3-1-2-4-14-12/h1-4,9-10,17H,5-8H2. The molecule has 0 saturated carbocycles. The number of aliphatic hydroxyl groups is 1. The summed E-state index contributed by atoms with van der Waals surface area (Å²) >= 11 is 1.64. The molecule has 5 heteroatoms. The first kappa shape index (κ1) is 11.8. The largest absolute Gasteiger partial charge is 0.396 e. The van der Waals surface area contributed by atoms with E-state index in [9.17, 15) is 0 Å². The number of pyridine rings is 1. The van der Waals surface area contributed by atoms with Crippen molar-refractivity contribution in [2.45, 2.75) is 6.54 Å². The Kier molecular flexibility index (Phi) is 3.36. The van der Waals surface area contributed by atoms with E-state index in [1.165, 1.54) is 0 Å². The first-order valence-electron chi connectivity index (χ1n) is 6.04. The topological polar surface area (TPSA) is 49.2 Å². The molecule has 1 aliphatic heterocycles. The molecule has 0 atom stereocenters. The molecule has 1 N–H and O–H groups in total. The molecule has 3 heterocycles. The lowest BCUT2D eigenvalue weighted by molar-refractivity contribution is 0.0471. The number of rotatable bonds is 4. The highest BCUT2D eigenvalue weighted by Crippen LogP contribution is 2.24. The van der Waals surface area contributed by atoms with Crippen molar-refractivity contribution in [3.63, 3.8) is 0 Å². The van der Waals surface area contributed by atoms with Gasteiger partial charge < -0.3 is 5.11 Å². The summed E-state index contributed by atoms with van der Waals surface area (Å²) in [5, 5.41) is 12.0. The Bertz CT molecular complexity index is 508. The molecule has 0 spiro atoms. The van der Waals surface area contributed by atoms with Crippen LogP contribution in [0.1, 0.15) is 5.69 Å². The van der Waals surface area contributed by atoms with Crippen molar-refractivity contribution in [2.75, 3.05) is 19.7 Å². The van der Waals surface area contributed by atoms with E-state index in [1.54, 1.807) is 17.5 Å². The summed E-state index contributed by atoms with van der Waals surface area (Å²) in [5.41, 5.74) is 2.03. The number of aliphatic hydroxyl groups excluding tert-OH is 1. The zero-order valence-electron chi connectivity index (χ0n) is 9.99. The lowest BCUT2D eigenvalue weighted by Crippen LogP contribution is -2.47. The monoisotopic (exact) mass is 261 g/mol. The second kappa shape index (κ2) is 5.14. The smallest absolute Gasteiger partial charge is 0.142 e. The number of likely N-dealkylation sites (tertiary alicyclic amines) is 1. The van der Waals surface area contributed by atoms with Gasteiger partial charge in [0.1, 0.15) is 5.01 Å². The van der Waals surface area contributed by atoms with Gasteiger partial charge >= 0.3 is 0 Å². The highest BCUT2D eigenvalue weighted by Gasteiger charge is 2.26. The van der Waals surface area contributed by atoms with Gasteiger partial charge in [-0.25, -0.2) is 4.98 Å². The Morgan fingerprint density at radius 1 is 1.39 bits per heavy atom. The molecule has 1 saturated heterocycles. The predicted octanol–water partition coefficient (Wildman–Crippen LogP) is 1.63. The van der Waals surface area contributed by atoms with Gasteiger partial charge in [-0.1, -0.05) is 6.07 Å². The third-order valence-electron chi connectivity index (χ3n) is 3.11. The third-order valence-corrected chi connectivity index (χ3v) is 4.03. The van der Waals surface area contributed by atoms with Crippen molar-refractivity contribution >= 4 is 11.3 Å². The van der Waals surface area contributed by atoms with Crippen LogP contribution in [0.3, 0.4) is 0 Å². The third kappa shape index (κ3) is 2.43. The van der Waals surface area contributed by atoms with E-state index in [-0.39, 0.29) is 0 Å². The maximum atomic E-state index is 8.97. The normalized spacial score (nSPS) is 16.7. The molecule has 0 bridgehead atoms. The highest BCUT2D eigenvalue weighted by molar-refractivity contribution is 7.13. The van der Waals surface area contributed by atoms with Crippen molar-refractivity contribution in [3.05, 3.63) is 35.5 Å². The molecule has 94 valence electrons. The van der Waals surface area contributed by atoms with Crippen LogP contribution >= 0.6 is 11.3 Å². The van der Waals surface area contributed by atoms with E-state index in [2.05, 4.69) is 20.2 Å². The van der Waals surface area contributed by atoms with Crippen molar-refractivity contribution in [2.24, 2.45) is 5.92 Å². The fourth-order valence-corrected chi connectivity index (χ4v) is 2.92. The lowest BCUT2D eigenvalue weighted by atomic mass is 10.0. The van der Waals surface area contributed by atoms with Gasteiger partial charge in [-0.15, -0.1) is 11.3 Å². The van der Waals surface area contributed by atoms with E-state index in [1.807, 2.05) is 18.2 Å². The van der Waals surface area contributed by atoms with E-state index < -0.39 is 0 Å². The number of aromatic nitrogens is 2. The molecule has 2 aromatic heterocycles. The molecule has 0 amide bonds. The highest BCUT2D eigenvalue weighted by atomic mass is 32.1. The van der Waals surface area contributed by atoms with Gasteiger partial charge in [-0.05, 0) is 12.1 Å². The Morgan fingerprint density at radius 2 is 2.28 bits per heavy atom. The summed E-state index contributed by atoms with van der Waals surface area (Å²) in [6.45, 7) is 3.13. The summed E-state index contributed by atoms with van der Waals surface area (Å²) in [5.74, 6) is 0.457. The van der Waals surface area contributed by atoms with Crippen molar-refractivity contribution in [1.82, 2.24) is 14.9 Å². The average molecular weight is 261 g/mol. The second-order valence-corrected chi connectivity index (χ2v) is 5.46. The number of hydrogen-bond acceptors (Lipinski definition) is 5. The Balaban J connectivity index is 1.64. The summed E-state index contributed by atoms with van der Waals surface area (Å²) in [4.78, 5) is 11.2. The molecule has 2 aromatic rings. The molecule has 3 rings (SSSR count). The van der Waals surface area contributed by atoms with E-state index >= 15 is 0 Å². The minimum Gasteiger partial charge on any atom is -0.396 e. The zero-order valence-corrected chi connectivity index (χ0v) is 10.8. The van der Waals surface area contributed by atoms with Crippen LogP contribution in [0, 0.1) is 5.92 Å². The van der Waals surface area contributed by atoms with Crippen molar-refractivity contribution in [3.8, 4) is 10.7 Å². The predicted molar refractivity (Wildman–Crippen MR) is 71.2 cm³/mol. The lowest BCUT2D eigenvalue weighted by Gasteiger charge is -2.37. The fraction of sp³-hybridized carbons (Fsp3) is 0.385. The van der Waals surface area contributed by atoms with Crippen molar-refractivity contribution < 1.29 is 5.11 Å². The molecule has 0 radical (unpaired) electrons. The van der Waals surface area contributed by atoms with Crippen LogP contribution in [0.15, 0.2) is 29.8 Å². The minimum atomic E-state index is 0.298. The molecule has 1 aliphatic rings. The van der Waals surface area contributed by atoms with Gasteiger partial charge in [-0.3, -0.25) is 9.88 Å². The van der Waals surface area contributed by atoms with Crippen LogP contribution in [0.2, 0.25) is 0 Å². The maximum absolute atomic E-state index is 8.97.